The number of ether oxygens (including phenoxy) is 1. The summed E-state index contributed by atoms with van der Waals surface area (Å²) in [5.41, 5.74) is 3.58. The lowest BCUT2D eigenvalue weighted by atomic mass is 10.0. The summed E-state index contributed by atoms with van der Waals surface area (Å²) in [5.74, 6) is 1.21. The van der Waals surface area contributed by atoms with Gasteiger partial charge in [0.1, 0.15) is 5.75 Å². The molecule has 0 unspecified atom stereocenters. The minimum absolute atomic E-state index is 0.0119. The molecular formula is C23H23N3O2. The quantitative estimate of drug-likeness (QED) is 0.644. The molecule has 1 fully saturated rings. The summed E-state index contributed by atoms with van der Waals surface area (Å²) in [6.45, 7) is 0. The first-order valence-corrected chi connectivity index (χ1v) is 9.45. The third-order valence-electron chi connectivity index (χ3n) is 5.21. The molecule has 2 aromatic heterocycles. The average molecular weight is 373 g/mol. The van der Waals surface area contributed by atoms with Crippen molar-refractivity contribution < 1.29 is 9.53 Å². The van der Waals surface area contributed by atoms with E-state index in [0.29, 0.717) is 17.2 Å². The van der Waals surface area contributed by atoms with Crippen LogP contribution in [0.25, 0.3) is 11.1 Å². The van der Waals surface area contributed by atoms with E-state index in [9.17, 15) is 4.79 Å². The van der Waals surface area contributed by atoms with Gasteiger partial charge in [-0.25, -0.2) is 0 Å². The van der Waals surface area contributed by atoms with Gasteiger partial charge in [-0.3, -0.25) is 14.8 Å². The topological polar surface area (TPSA) is 55.3 Å². The van der Waals surface area contributed by atoms with Crippen LogP contribution >= 0.6 is 0 Å². The Kier molecular flexibility index (Phi) is 5.06. The van der Waals surface area contributed by atoms with Crippen molar-refractivity contribution in [1.29, 1.82) is 0 Å². The lowest BCUT2D eigenvalue weighted by molar-refractivity contribution is 0.0707. The molecule has 1 amide bonds. The number of aromatic nitrogens is 2. The summed E-state index contributed by atoms with van der Waals surface area (Å²) in [5, 5.41) is 0. The highest BCUT2D eigenvalue weighted by molar-refractivity contribution is 5.94. The maximum absolute atomic E-state index is 13.1. The molecule has 142 valence electrons. The Labute approximate surface area is 165 Å². The van der Waals surface area contributed by atoms with E-state index in [-0.39, 0.29) is 11.9 Å². The fraction of sp³-hybridized carbons (Fsp3) is 0.261. The van der Waals surface area contributed by atoms with Crippen molar-refractivity contribution in [2.75, 3.05) is 14.2 Å². The Hall–Kier alpha value is -3.21. The molecular weight excluding hydrogens is 350 g/mol. The van der Waals surface area contributed by atoms with Gasteiger partial charge in [0, 0.05) is 30.6 Å². The van der Waals surface area contributed by atoms with Crippen LogP contribution in [-0.2, 0) is 0 Å². The van der Waals surface area contributed by atoms with Crippen LogP contribution in [0.3, 0.4) is 0 Å². The lowest BCUT2D eigenvalue weighted by Gasteiger charge is -2.28. The van der Waals surface area contributed by atoms with Crippen LogP contribution in [0.2, 0.25) is 0 Å². The predicted octanol–water partition coefficient (Wildman–Crippen LogP) is 4.38. The molecule has 2 heterocycles. The van der Waals surface area contributed by atoms with Crippen LogP contribution in [0.5, 0.6) is 5.75 Å². The van der Waals surface area contributed by atoms with Gasteiger partial charge in [0.15, 0.2) is 0 Å². The Bertz CT molecular complexity index is 953. The van der Waals surface area contributed by atoms with Crippen LogP contribution in [0.15, 0.2) is 67.1 Å². The molecule has 1 aliphatic rings. The van der Waals surface area contributed by atoms with E-state index in [2.05, 4.69) is 9.97 Å². The van der Waals surface area contributed by atoms with Crippen LogP contribution in [0.4, 0.5) is 0 Å². The summed E-state index contributed by atoms with van der Waals surface area (Å²) in [4.78, 5) is 23.6. The normalized spacial score (nSPS) is 14.4. The predicted molar refractivity (Wildman–Crippen MR) is 108 cm³/mol. The molecule has 0 bridgehead atoms. The molecule has 0 spiro atoms. The van der Waals surface area contributed by atoms with Gasteiger partial charge < -0.3 is 9.64 Å². The van der Waals surface area contributed by atoms with Gasteiger partial charge in [-0.05, 0) is 54.7 Å². The molecule has 1 atom stereocenters. The Morgan fingerprint density at radius 1 is 1.11 bits per heavy atom. The smallest absolute Gasteiger partial charge is 0.254 e. The monoisotopic (exact) mass is 373 g/mol. The first-order chi connectivity index (χ1) is 13.7. The van der Waals surface area contributed by atoms with Crippen molar-refractivity contribution in [3.63, 3.8) is 0 Å². The molecule has 0 aliphatic heterocycles. The summed E-state index contributed by atoms with van der Waals surface area (Å²) in [7, 11) is 3.50. The van der Waals surface area contributed by atoms with E-state index in [0.717, 1.165) is 29.7 Å². The van der Waals surface area contributed by atoms with E-state index in [1.807, 2.05) is 60.5 Å². The zero-order valence-electron chi connectivity index (χ0n) is 16.1. The van der Waals surface area contributed by atoms with Gasteiger partial charge in [-0.15, -0.1) is 0 Å². The Morgan fingerprint density at radius 3 is 2.54 bits per heavy atom. The number of amides is 1. The molecule has 5 heteroatoms. The SMILES string of the molecule is COc1cncc(-c2ccc(C(=O)N(C)[C@@H](c3ccccn3)C3CC3)cc2)c1. The number of hydrogen-bond acceptors (Lipinski definition) is 4. The summed E-state index contributed by atoms with van der Waals surface area (Å²) >= 11 is 0. The molecule has 4 rings (SSSR count). The first-order valence-electron chi connectivity index (χ1n) is 9.45. The number of benzene rings is 1. The molecule has 28 heavy (non-hydrogen) atoms. The molecule has 1 aromatic carbocycles. The molecule has 1 saturated carbocycles. The van der Waals surface area contributed by atoms with Gasteiger partial charge in [0.25, 0.3) is 5.91 Å². The van der Waals surface area contributed by atoms with Crippen molar-refractivity contribution in [3.05, 3.63) is 78.4 Å². The summed E-state index contributed by atoms with van der Waals surface area (Å²) in [6.07, 6.45) is 7.53. The first kappa shape index (κ1) is 18.2. The van der Waals surface area contributed by atoms with Gasteiger partial charge >= 0.3 is 0 Å². The van der Waals surface area contributed by atoms with Crippen molar-refractivity contribution in [2.24, 2.45) is 5.92 Å². The van der Waals surface area contributed by atoms with Crippen molar-refractivity contribution in [3.8, 4) is 16.9 Å². The minimum atomic E-state index is 0.0119. The van der Waals surface area contributed by atoms with Crippen LogP contribution in [0, 0.1) is 5.92 Å². The number of nitrogens with zero attached hydrogens (tertiary/aromatic N) is 3. The van der Waals surface area contributed by atoms with Gasteiger partial charge in [-0.2, -0.15) is 0 Å². The highest BCUT2D eigenvalue weighted by Gasteiger charge is 2.37. The van der Waals surface area contributed by atoms with Crippen LogP contribution < -0.4 is 4.74 Å². The second kappa shape index (κ2) is 7.80. The van der Waals surface area contributed by atoms with Gasteiger partial charge in [0.2, 0.25) is 0 Å². The Balaban J connectivity index is 1.55. The zero-order valence-corrected chi connectivity index (χ0v) is 16.1. The summed E-state index contributed by atoms with van der Waals surface area (Å²) < 4.78 is 5.24. The van der Waals surface area contributed by atoms with E-state index < -0.39 is 0 Å². The lowest BCUT2D eigenvalue weighted by Crippen LogP contribution is -2.33. The fourth-order valence-corrected chi connectivity index (χ4v) is 3.54. The molecule has 1 aliphatic carbocycles. The zero-order chi connectivity index (χ0) is 19.5. The largest absolute Gasteiger partial charge is 0.495 e. The molecule has 3 aromatic rings. The second-order valence-corrected chi connectivity index (χ2v) is 7.14. The van der Waals surface area contributed by atoms with E-state index in [1.54, 1.807) is 25.7 Å². The van der Waals surface area contributed by atoms with E-state index in [1.165, 1.54) is 0 Å². The second-order valence-electron chi connectivity index (χ2n) is 7.14. The van der Waals surface area contributed by atoms with E-state index in [4.69, 9.17) is 4.74 Å². The van der Waals surface area contributed by atoms with Gasteiger partial charge in [-0.1, -0.05) is 18.2 Å². The average Bonchev–Trinajstić information content (AvgIpc) is 3.59. The molecule has 0 N–H and O–H groups in total. The third-order valence-corrected chi connectivity index (χ3v) is 5.21. The molecule has 0 radical (unpaired) electrons. The number of methoxy groups -OCH3 is 1. The highest BCUT2D eigenvalue weighted by atomic mass is 16.5. The van der Waals surface area contributed by atoms with Gasteiger partial charge in [0.05, 0.1) is 25.0 Å². The number of hydrogen-bond donors (Lipinski definition) is 0. The van der Waals surface area contributed by atoms with E-state index >= 15 is 0 Å². The van der Waals surface area contributed by atoms with Crippen molar-refractivity contribution in [2.45, 2.75) is 18.9 Å². The maximum atomic E-state index is 13.1. The maximum Gasteiger partial charge on any atom is 0.254 e. The van der Waals surface area contributed by atoms with Crippen LogP contribution in [-0.4, -0.2) is 34.9 Å². The number of carbonyl (C=O) groups is 1. The van der Waals surface area contributed by atoms with Crippen molar-refractivity contribution in [1.82, 2.24) is 14.9 Å². The standard InChI is InChI=1S/C23H23N3O2/c1-26(22(17-8-9-17)21-5-3-4-12-25-21)23(27)18-10-6-16(7-11-18)19-13-20(28-2)15-24-14-19/h3-7,10-15,17,22H,8-9H2,1-2H3/t22-/m1/s1. The highest BCUT2D eigenvalue weighted by Crippen LogP contribution is 2.43. The van der Waals surface area contributed by atoms with Crippen LogP contribution in [0.1, 0.15) is 34.9 Å². The molecule has 0 saturated heterocycles. The molecule has 5 nitrogen and oxygen atoms in total. The Morgan fingerprint density at radius 2 is 1.89 bits per heavy atom. The fourth-order valence-electron chi connectivity index (χ4n) is 3.54. The number of rotatable bonds is 6. The summed E-state index contributed by atoms with van der Waals surface area (Å²) in [6, 6.07) is 15.5. The third kappa shape index (κ3) is 3.74. The number of pyridine rings is 2. The minimum Gasteiger partial charge on any atom is -0.495 e. The number of carbonyl (C=O) groups excluding carboxylic acids is 1. The van der Waals surface area contributed by atoms with Crippen molar-refractivity contribution >= 4 is 5.91 Å².